The second kappa shape index (κ2) is 9.78. The van der Waals surface area contributed by atoms with E-state index in [1.807, 2.05) is 13.8 Å². The van der Waals surface area contributed by atoms with Crippen molar-refractivity contribution in [2.24, 2.45) is 0 Å². The lowest BCUT2D eigenvalue weighted by molar-refractivity contribution is -0.137. The zero-order valence-corrected chi connectivity index (χ0v) is 17.2. The second-order valence-electron chi connectivity index (χ2n) is 6.55. The molecule has 0 aliphatic rings. The SMILES string of the molecule is Cc1ccc(S(=O)(=O)NCCC(=O)NCC#Cc2cccc(C(F)(F)F)c2)cc1C. The summed E-state index contributed by atoms with van der Waals surface area (Å²) in [5.41, 5.74) is 1.20. The molecule has 0 heterocycles. The number of nitrogens with one attached hydrogen (secondary N) is 2. The number of carbonyl (C=O) groups is 1. The lowest BCUT2D eigenvalue weighted by Crippen LogP contribution is -2.31. The van der Waals surface area contributed by atoms with Gasteiger partial charge in [0.25, 0.3) is 0 Å². The average Bonchev–Trinajstić information content (AvgIpc) is 2.67. The highest BCUT2D eigenvalue weighted by Crippen LogP contribution is 2.29. The number of amides is 1. The molecule has 0 spiro atoms. The van der Waals surface area contributed by atoms with Crippen LogP contribution in [0.1, 0.15) is 28.7 Å². The lowest BCUT2D eigenvalue weighted by Gasteiger charge is -2.08. The quantitative estimate of drug-likeness (QED) is 0.681. The molecule has 5 nitrogen and oxygen atoms in total. The van der Waals surface area contributed by atoms with Gasteiger partial charge >= 0.3 is 6.18 Å². The van der Waals surface area contributed by atoms with Crippen LogP contribution in [0.25, 0.3) is 0 Å². The number of alkyl halides is 3. The first-order valence-electron chi connectivity index (χ1n) is 8.99. The van der Waals surface area contributed by atoms with Crippen LogP contribution in [0.15, 0.2) is 47.4 Å². The smallest absolute Gasteiger partial charge is 0.345 e. The molecule has 1 amide bonds. The molecule has 0 aliphatic carbocycles. The van der Waals surface area contributed by atoms with Crippen molar-refractivity contribution in [3.63, 3.8) is 0 Å². The van der Waals surface area contributed by atoms with Crippen molar-refractivity contribution in [3.8, 4) is 11.8 Å². The van der Waals surface area contributed by atoms with E-state index in [1.165, 1.54) is 18.2 Å². The van der Waals surface area contributed by atoms with Crippen LogP contribution >= 0.6 is 0 Å². The zero-order valence-electron chi connectivity index (χ0n) is 16.4. The molecule has 160 valence electrons. The Kier molecular flexibility index (Phi) is 7.65. The molecular formula is C21H21F3N2O3S. The van der Waals surface area contributed by atoms with Gasteiger partial charge < -0.3 is 5.32 Å². The summed E-state index contributed by atoms with van der Waals surface area (Å²) in [6.45, 7) is 3.52. The first-order valence-corrected chi connectivity index (χ1v) is 10.5. The van der Waals surface area contributed by atoms with Gasteiger partial charge in [0, 0.05) is 18.5 Å². The predicted molar refractivity (Wildman–Crippen MR) is 107 cm³/mol. The van der Waals surface area contributed by atoms with E-state index in [1.54, 1.807) is 12.1 Å². The van der Waals surface area contributed by atoms with Crippen molar-refractivity contribution in [2.75, 3.05) is 13.1 Å². The first-order chi connectivity index (χ1) is 14.0. The summed E-state index contributed by atoms with van der Waals surface area (Å²) in [5.74, 6) is 4.68. The minimum absolute atomic E-state index is 0.0705. The maximum Gasteiger partial charge on any atom is 0.416 e. The Hall–Kier alpha value is -2.83. The van der Waals surface area contributed by atoms with Crippen LogP contribution in [0.3, 0.4) is 0 Å². The number of benzene rings is 2. The number of hydrogen-bond acceptors (Lipinski definition) is 3. The topological polar surface area (TPSA) is 75.3 Å². The van der Waals surface area contributed by atoms with E-state index < -0.39 is 27.7 Å². The largest absolute Gasteiger partial charge is 0.416 e. The Labute approximate surface area is 173 Å². The van der Waals surface area contributed by atoms with Crippen LogP contribution in [0, 0.1) is 25.7 Å². The summed E-state index contributed by atoms with van der Waals surface area (Å²) in [4.78, 5) is 11.9. The van der Waals surface area contributed by atoms with Gasteiger partial charge in [0.05, 0.1) is 17.0 Å². The molecular weight excluding hydrogens is 417 g/mol. The molecule has 0 aromatic heterocycles. The molecule has 2 N–H and O–H groups in total. The van der Waals surface area contributed by atoms with Crippen LogP contribution in [0.2, 0.25) is 0 Å². The highest BCUT2D eigenvalue weighted by atomic mass is 32.2. The molecule has 9 heteroatoms. The molecule has 0 unspecified atom stereocenters. The number of hydrogen-bond donors (Lipinski definition) is 2. The normalized spacial score (nSPS) is 11.5. The van der Waals surface area contributed by atoms with Gasteiger partial charge in [-0.25, -0.2) is 13.1 Å². The van der Waals surface area contributed by atoms with Gasteiger partial charge in [-0.2, -0.15) is 13.2 Å². The van der Waals surface area contributed by atoms with Crippen molar-refractivity contribution in [2.45, 2.75) is 31.3 Å². The summed E-state index contributed by atoms with van der Waals surface area (Å²) >= 11 is 0. The van der Waals surface area contributed by atoms with Crippen LogP contribution in [-0.4, -0.2) is 27.4 Å². The Morgan fingerprint density at radius 3 is 2.47 bits per heavy atom. The van der Waals surface area contributed by atoms with E-state index in [-0.39, 0.29) is 30.0 Å². The summed E-state index contributed by atoms with van der Waals surface area (Å²) < 4.78 is 64.8. The van der Waals surface area contributed by atoms with Crippen LogP contribution in [-0.2, 0) is 21.0 Å². The van der Waals surface area contributed by atoms with Gasteiger partial charge in [0.2, 0.25) is 15.9 Å². The first kappa shape index (κ1) is 23.4. The lowest BCUT2D eigenvalue weighted by atomic mass is 10.1. The van der Waals surface area contributed by atoms with E-state index in [0.717, 1.165) is 23.3 Å². The van der Waals surface area contributed by atoms with Gasteiger partial charge in [-0.3, -0.25) is 4.79 Å². The molecule has 0 aliphatic heterocycles. The number of carbonyl (C=O) groups excluding carboxylic acids is 1. The average molecular weight is 438 g/mol. The Morgan fingerprint density at radius 2 is 1.80 bits per heavy atom. The highest BCUT2D eigenvalue weighted by molar-refractivity contribution is 7.89. The Bertz CT molecular complexity index is 1080. The molecule has 0 fully saturated rings. The Morgan fingerprint density at radius 1 is 1.07 bits per heavy atom. The molecule has 0 saturated carbocycles. The van der Waals surface area contributed by atoms with Crippen LogP contribution in [0.5, 0.6) is 0 Å². The second-order valence-corrected chi connectivity index (χ2v) is 8.32. The summed E-state index contributed by atoms with van der Waals surface area (Å²) in [6.07, 6.45) is -4.55. The van der Waals surface area contributed by atoms with E-state index in [0.29, 0.717) is 0 Å². The Balaban J connectivity index is 1.81. The minimum atomic E-state index is -4.45. The van der Waals surface area contributed by atoms with Crippen molar-refractivity contribution in [3.05, 3.63) is 64.7 Å². The van der Waals surface area contributed by atoms with Crippen molar-refractivity contribution < 1.29 is 26.4 Å². The maximum atomic E-state index is 12.7. The molecule has 30 heavy (non-hydrogen) atoms. The van der Waals surface area contributed by atoms with Gasteiger partial charge in [0.1, 0.15) is 0 Å². The number of rotatable bonds is 6. The monoisotopic (exact) mass is 438 g/mol. The molecule has 2 aromatic carbocycles. The van der Waals surface area contributed by atoms with Gasteiger partial charge in [-0.1, -0.05) is 24.0 Å². The molecule has 0 bridgehead atoms. The van der Waals surface area contributed by atoms with Crippen LogP contribution in [0.4, 0.5) is 13.2 Å². The summed E-state index contributed by atoms with van der Waals surface area (Å²) in [5, 5.41) is 2.47. The van der Waals surface area contributed by atoms with Crippen molar-refractivity contribution >= 4 is 15.9 Å². The highest BCUT2D eigenvalue weighted by Gasteiger charge is 2.30. The fraction of sp³-hybridized carbons (Fsp3) is 0.286. The number of halogens is 3. The maximum absolute atomic E-state index is 12.7. The molecule has 2 rings (SSSR count). The third-order valence-corrected chi connectivity index (χ3v) is 5.69. The third-order valence-electron chi connectivity index (χ3n) is 4.23. The van der Waals surface area contributed by atoms with Gasteiger partial charge in [-0.05, 0) is 55.3 Å². The number of sulfonamides is 1. The van der Waals surface area contributed by atoms with Crippen LogP contribution < -0.4 is 10.0 Å². The van der Waals surface area contributed by atoms with Gasteiger partial charge in [0.15, 0.2) is 0 Å². The zero-order chi connectivity index (χ0) is 22.4. The van der Waals surface area contributed by atoms with E-state index in [4.69, 9.17) is 0 Å². The predicted octanol–water partition coefficient (Wildman–Crippen LogP) is 3.16. The fourth-order valence-electron chi connectivity index (χ4n) is 2.41. The number of aryl methyl sites for hydroxylation is 2. The van der Waals surface area contributed by atoms with E-state index in [9.17, 15) is 26.4 Å². The molecule has 0 radical (unpaired) electrons. The standard InChI is InChI=1S/C21H21F3N2O3S/c1-15-8-9-19(13-16(15)2)30(28,29)26-12-10-20(27)25-11-4-6-17-5-3-7-18(14-17)21(22,23)24/h3,5,7-9,13-14,26H,10-12H2,1-2H3,(H,25,27). The van der Waals surface area contributed by atoms with Gasteiger partial charge in [-0.15, -0.1) is 0 Å². The van der Waals surface area contributed by atoms with E-state index in [2.05, 4.69) is 21.9 Å². The minimum Gasteiger partial charge on any atom is -0.345 e. The van der Waals surface area contributed by atoms with E-state index >= 15 is 0 Å². The molecule has 0 atom stereocenters. The summed E-state index contributed by atoms with van der Waals surface area (Å²) in [7, 11) is -3.72. The molecule has 0 saturated heterocycles. The molecule has 2 aromatic rings. The fourth-order valence-corrected chi connectivity index (χ4v) is 3.53. The van der Waals surface area contributed by atoms with Crippen molar-refractivity contribution in [1.82, 2.24) is 10.0 Å². The third kappa shape index (κ3) is 6.90. The summed E-state index contributed by atoms with van der Waals surface area (Å²) in [6, 6.07) is 9.33. The van der Waals surface area contributed by atoms with Crippen molar-refractivity contribution in [1.29, 1.82) is 0 Å².